The monoisotopic (exact) mass is 916 g/mol. The summed E-state index contributed by atoms with van der Waals surface area (Å²) in [5.74, 6) is -0.470. The van der Waals surface area contributed by atoms with Crippen LogP contribution in [0.4, 0.5) is 0 Å². The van der Waals surface area contributed by atoms with Crippen LogP contribution >= 0.6 is 0 Å². The third-order valence-electron chi connectivity index (χ3n) is 13.5. The summed E-state index contributed by atoms with van der Waals surface area (Å²) in [5.41, 5.74) is 0. The quantitative estimate of drug-likeness (QED) is 0.0321. The molecule has 0 saturated carbocycles. The first kappa shape index (κ1) is 63.3. The number of hydrogen-bond acceptors (Lipinski definition) is 5. The number of aliphatic hydroxyl groups excluding tert-OH is 2. The molecule has 0 heterocycles. The van der Waals surface area contributed by atoms with Crippen LogP contribution in [0.25, 0.3) is 0 Å². The number of allylic oxidation sites excluding steroid dienone is 4. The average molecular weight is 917 g/mol. The van der Waals surface area contributed by atoms with Gasteiger partial charge >= 0.3 is 5.97 Å². The highest BCUT2D eigenvalue weighted by atomic mass is 16.5. The van der Waals surface area contributed by atoms with Gasteiger partial charge in [0.2, 0.25) is 5.91 Å². The Morgan fingerprint density at radius 2 is 0.738 bits per heavy atom. The van der Waals surface area contributed by atoms with Crippen LogP contribution in [0.2, 0.25) is 0 Å². The first-order valence-corrected chi connectivity index (χ1v) is 29.1. The van der Waals surface area contributed by atoms with Crippen LogP contribution < -0.4 is 5.32 Å². The number of carbonyl (C=O) groups is 2. The zero-order valence-corrected chi connectivity index (χ0v) is 43.9. The molecule has 0 aliphatic carbocycles. The second-order valence-corrected chi connectivity index (χ2v) is 20.0. The number of carbonyl (C=O) groups excluding carboxylic acids is 2. The van der Waals surface area contributed by atoms with Crippen molar-refractivity contribution in [2.45, 2.75) is 334 Å². The molecule has 0 saturated heterocycles. The molecule has 6 heteroatoms. The smallest absolute Gasteiger partial charge is 0.306 e. The van der Waals surface area contributed by atoms with Gasteiger partial charge in [-0.1, -0.05) is 251 Å². The number of rotatable bonds is 53. The molecule has 384 valence electrons. The summed E-state index contributed by atoms with van der Waals surface area (Å²) in [4.78, 5) is 26.3. The van der Waals surface area contributed by atoms with Crippen molar-refractivity contribution in [3.05, 3.63) is 24.3 Å². The second-order valence-electron chi connectivity index (χ2n) is 20.0. The van der Waals surface area contributed by atoms with Gasteiger partial charge in [-0.25, -0.2) is 0 Å². The Hall–Kier alpha value is -1.66. The summed E-state index contributed by atoms with van der Waals surface area (Å²) in [5, 5.41) is 23.9. The molecule has 3 N–H and O–H groups in total. The van der Waals surface area contributed by atoms with Gasteiger partial charge in [-0.15, -0.1) is 0 Å². The van der Waals surface area contributed by atoms with Crippen molar-refractivity contribution < 1.29 is 24.5 Å². The van der Waals surface area contributed by atoms with Crippen molar-refractivity contribution in [1.29, 1.82) is 0 Å². The van der Waals surface area contributed by atoms with Gasteiger partial charge in [0.05, 0.1) is 25.2 Å². The molecule has 0 aliphatic rings. The number of ether oxygens (including phenoxy) is 1. The standard InChI is InChI=1S/C59H113NO5/c1-4-7-10-13-16-19-22-25-27-29-31-34-37-40-43-46-49-52-59(64)65-55(50-47-44-41-38-35-32-24-21-18-15-12-9-6-3)53-58(63)60-56(54-61)57(62)51-48-45-42-39-36-33-30-28-26-23-20-17-14-11-8-5-2/h21,24-25,27,55-57,61-62H,4-20,22-23,26,28-54H2,1-3H3,(H,60,63)/b24-21-,27-25+. The van der Waals surface area contributed by atoms with Crippen LogP contribution in [-0.2, 0) is 14.3 Å². The Balaban J connectivity index is 4.49. The van der Waals surface area contributed by atoms with E-state index in [2.05, 4.69) is 50.4 Å². The molecule has 65 heavy (non-hydrogen) atoms. The summed E-state index contributed by atoms with van der Waals surface area (Å²) >= 11 is 0. The highest BCUT2D eigenvalue weighted by Gasteiger charge is 2.24. The first-order chi connectivity index (χ1) is 32.0. The van der Waals surface area contributed by atoms with Crippen LogP contribution in [0.3, 0.4) is 0 Å². The largest absolute Gasteiger partial charge is 0.462 e. The molecular formula is C59H113NO5. The van der Waals surface area contributed by atoms with E-state index in [4.69, 9.17) is 4.74 Å². The normalized spacial score (nSPS) is 13.2. The molecule has 0 aromatic rings. The minimum Gasteiger partial charge on any atom is -0.462 e. The lowest BCUT2D eigenvalue weighted by Crippen LogP contribution is -2.46. The maximum Gasteiger partial charge on any atom is 0.306 e. The van der Waals surface area contributed by atoms with Gasteiger partial charge in [0.15, 0.2) is 0 Å². The molecule has 0 spiro atoms. The van der Waals surface area contributed by atoms with Crippen LogP contribution in [0.5, 0.6) is 0 Å². The average Bonchev–Trinajstić information content (AvgIpc) is 3.30. The van der Waals surface area contributed by atoms with Gasteiger partial charge in [-0.3, -0.25) is 9.59 Å². The highest BCUT2D eigenvalue weighted by molar-refractivity contribution is 5.77. The number of nitrogens with one attached hydrogen (secondary N) is 1. The number of amides is 1. The van der Waals surface area contributed by atoms with Gasteiger partial charge in [0.25, 0.3) is 0 Å². The van der Waals surface area contributed by atoms with E-state index in [0.717, 1.165) is 57.8 Å². The van der Waals surface area contributed by atoms with E-state index < -0.39 is 18.2 Å². The first-order valence-electron chi connectivity index (χ1n) is 29.1. The number of hydrogen-bond donors (Lipinski definition) is 3. The van der Waals surface area contributed by atoms with E-state index in [-0.39, 0.29) is 24.9 Å². The Morgan fingerprint density at radius 3 is 1.11 bits per heavy atom. The lowest BCUT2D eigenvalue weighted by atomic mass is 10.0. The van der Waals surface area contributed by atoms with Crippen molar-refractivity contribution in [3.8, 4) is 0 Å². The molecule has 0 rings (SSSR count). The van der Waals surface area contributed by atoms with Crippen molar-refractivity contribution in [1.82, 2.24) is 5.32 Å². The fourth-order valence-corrected chi connectivity index (χ4v) is 9.07. The number of aliphatic hydroxyl groups is 2. The third kappa shape index (κ3) is 48.6. The van der Waals surface area contributed by atoms with Gasteiger partial charge in [-0.2, -0.15) is 0 Å². The topological polar surface area (TPSA) is 95.9 Å². The number of esters is 1. The van der Waals surface area contributed by atoms with E-state index in [1.807, 2.05) is 0 Å². The molecule has 0 radical (unpaired) electrons. The third-order valence-corrected chi connectivity index (χ3v) is 13.5. The summed E-state index contributed by atoms with van der Waals surface area (Å²) < 4.78 is 5.96. The zero-order valence-electron chi connectivity index (χ0n) is 43.9. The van der Waals surface area contributed by atoms with Crippen LogP contribution in [0.1, 0.15) is 316 Å². The molecule has 0 bridgehead atoms. The summed E-state index contributed by atoms with van der Waals surface area (Å²) in [6.45, 7) is 6.50. The molecule has 3 unspecified atom stereocenters. The van der Waals surface area contributed by atoms with Gasteiger partial charge < -0.3 is 20.3 Å². The van der Waals surface area contributed by atoms with Gasteiger partial charge in [0.1, 0.15) is 6.10 Å². The minimum atomic E-state index is -0.788. The van der Waals surface area contributed by atoms with Crippen molar-refractivity contribution in [2.24, 2.45) is 0 Å². The summed E-state index contributed by atoms with van der Waals surface area (Å²) in [6.07, 6.45) is 62.4. The molecule has 0 fully saturated rings. The number of unbranched alkanes of at least 4 members (excludes halogenated alkanes) is 37. The Labute approximate surface area is 405 Å². The lowest BCUT2D eigenvalue weighted by Gasteiger charge is -2.24. The van der Waals surface area contributed by atoms with E-state index in [0.29, 0.717) is 19.3 Å². The Bertz CT molecular complexity index is 1030. The lowest BCUT2D eigenvalue weighted by molar-refractivity contribution is -0.151. The van der Waals surface area contributed by atoms with E-state index in [9.17, 15) is 19.8 Å². The zero-order chi connectivity index (χ0) is 47.4. The fourth-order valence-electron chi connectivity index (χ4n) is 9.07. The molecule has 3 atom stereocenters. The van der Waals surface area contributed by atoms with Gasteiger partial charge in [-0.05, 0) is 77.0 Å². The van der Waals surface area contributed by atoms with E-state index >= 15 is 0 Å². The maximum atomic E-state index is 13.3. The highest BCUT2D eigenvalue weighted by Crippen LogP contribution is 2.19. The predicted molar refractivity (Wildman–Crippen MR) is 283 cm³/mol. The predicted octanol–water partition coefficient (Wildman–Crippen LogP) is 17.9. The van der Waals surface area contributed by atoms with E-state index in [1.54, 1.807) is 0 Å². The molecule has 6 nitrogen and oxygen atoms in total. The molecular weight excluding hydrogens is 803 g/mol. The SMILES string of the molecule is CCCCCC/C=C\CCCCCCCC(CC(=O)NC(CO)C(O)CCCCCCCCCCCCCCCCCC)OC(=O)CCCCCCCCC/C=C/CCCCCCCC. The molecule has 1 amide bonds. The fraction of sp³-hybridized carbons (Fsp3) is 0.898. The summed E-state index contributed by atoms with van der Waals surface area (Å²) in [6, 6.07) is -0.702. The van der Waals surface area contributed by atoms with E-state index in [1.165, 1.54) is 212 Å². The van der Waals surface area contributed by atoms with Crippen molar-refractivity contribution in [2.75, 3.05) is 6.61 Å². The molecule has 0 aromatic carbocycles. The maximum absolute atomic E-state index is 13.3. The Kier molecular flexibility index (Phi) is 51.9. The molecule has 0 aromatic heterocycles. The van der Waals surface area contributed by atoms with Crippen LogP contribution in [0.15, 0.2) is 24.3 Å². The van der Waals surface area contributed by atoms with Crippen molar-refractivity contribution in [3.63, 3.8) is 0 Å². The molecule has 0 aliphatic heterocycles. The van der Waals surface area contributed by atoms with Crippen LogP contribution in [-0.4, -0.2) is 46.9 Å². The second kappa shape index (κ2) is 53.3. The minimum absolute atomic E-state index is 0.0747. The Morgan fingerprint density at radius 1 is 0.431 bits per heavy atom. The van der Waals surface area contributed by atoms with Crippen LogP contribution in [0, 0.1) is 0 Å². The van der Waals surface area contributed by atoms with Crippen molar-refractivity contribution >= 4 is 11.9 Å². The van der Waals surface area contributed by atoms with Gasteiger partial charge in [0, 0.05) is 6.42 Å². The summed E-state index contributed by atoms with van der Waals surface area (Å²) in [7, 11) is 0.